The van der Waals surface area contributed by atoms with Gasteiger partial charge >= 0.3 is 0 Å². The van der Waals surface area contributed by atoms with E-state index in [0.29, 0.717) is 11.4 Å². The van der Waals surface area contributed by atoms with E-state index >= 15 is 0 Å². The van der Waals surface area contributed by atoms with E-state index in [9.17, 15) is 8.78 Å². The predicted octanol–water partition coefficient (Wildman–Crippen LogP) is 1.32. The number of nitrogens with zero attached hydrogens (tertiary/aromatic N) is 5. The predicted molar refractivity (Wildman–Crippen MR) is 74.8 cm³/mol. The first kappa shape index (κ1) is 14.1. The van der Waals surface area contributed by atoms with E-state index in [0.717, 1.165) is 11.6 Å². The second-order valence-electron chi connectivity index (χ2n) is 4.86. The highest BCUT2D eigenvalue weighted by atomic mass is 19.2. The Morgan fingerprint density at radius 1 is 1.27 bits per heavy atom. The van der Waals surface area contributed by atoms with Gasteiger partial charge in [-0.25, -0.2) is 9.37 Å². The number of anilines is 1. The summed E-state index contributed by atoms with van der Waals surface area (Å²) < 4.78 is 30.1. The minimum atomic E-state index is -1.01. The summed E-state index contributed by atoms with van der Waals surface area (Å²) in [5, 5.41) is 7.74. The zero-order valence-corrected chi connectivity index (χ0v) is 12.0. The van der Waals surface area contributed by atoms with Gasteiger partial charge in [-0.15, -0.1) is 4.68 Å². The first-order valence-electron chi connectivity index (χ1n) is 6.48. The molecule has 6 nitrogen and oxygen atoms in total. The van der Waals surface area contributed by atoms with Gasteiger partial charge in [0, 0.05) is 6.20 Å². The lowest BCUT2D eigenvalue weighted by Gasteiger charge is -2.04. The normalized spacial score (nSPS) is 10.9. The lowest BCUT2D eigenvalue weighted by molar-refractivity contribution is -0.721. The molecule has 0 aliphatic heterocycles. The fourth-order valence-electron chi connectivity index (χ4n) is 2.19. The SMILES string of the molecule is Cc1cnc(N)c(-c2n(-c3cccc(F)c3F)nn[n+]2C)c1. The third-order valence-corrected chi connectivity index (χ3v) is 3.23. The van der Waals surface area contributed by atoms with Crippen LogP contribution in [-0.2, 0) is 7.05 Å². The molecule has 2 aromatic heterocycles. The van der Waals surface area contributed by atoms with Crippen molar-refractivity contribution in [2.75, 3.05) is 5.73 Å². The molecule has 1 aromatic carbocycles. The molecular formula is C14H13F2N6+. The van der Waals surface area contributed by atoms with Gasteiger partial charge in [-0.2, -0.15) is 4.39 Å². The Kier molecular flexibility index (Phi) is 3.28. The zero-order valence-electron chi connectivity index (χ0n) is 12.0. The number of hydrogen-bond acceptors (Lipinski definition) is 4. The number of nitrogen functional groups attached to an aromatic ring is 1. The summed E-state index contributed by atoms with van der Waals surface area (Å²) in [6, 6.07) is 5.64. The third-order valence-electron chi connectivity index (χ3n) is 3.23. The van der Waals surface area contributed by atoms with Gasteiger partial charge < -0.3 is 5.73 Å². The number of hydrogen-bond donors (Lipinski definition) is 1. The van der Waals surface area contributed by atoms with Crippen molar-refractivity contribution in [1.82, 2.24) is 20.1 Å². The van der Waals surface area contributed by atoms with Crippen LogP contribution < -0.4 is 10.4 Å². The summed E-state index contributed by atoms with van der Waals surface area (Å²) in [5.41, 5.74) is 7.26. The van der Waals surface area contributed by atoms with Crippen molar-refractivity contribution in [3.63, 3.8) is 0 Å². The van der Waals surface area contributed by atoms with Gasteiger partial charge in [-0.05, 0) is 35.4 Å². The number of rotatable bonds is 2. The minimum absolute atomic E-state index is 0.0518. The van der Waals surface area contributed by atoms with Crippen LogP contribution in [0, 0.1) is 18.6 Å². The first-order valence-corrected chi connectivity index (χ1v) is 6.48. The molecule has 0 aliphatic rings. The van der Waals surface area contributed by atoms with Crippen molar-refractivity contribution in [2.24, 2.45) is 7.05 Å². The van der Waals surface area contributed by atoms with Crippen LogP contribution in [-0.4, -0.2) is 20.1 Å². The Balaban J connectivity index is 2.29. The van der Waals surface area contributed by atoms with Crippen LogP contribution in [0.4, 0.5) is 14.6 Å². The molecule has 0 aliphatic carbocycles. The summed E-state index contributed by atoms with van der Waals surface area (Å²) in [6.45, 7) is 1.85. The fourth-order valence-corrected chi connectivity index (χ4v) is 2.19. The van der Waals surface area contributed by atoms with Crippen LogP contribution in [0.25, 0.3) is 17.1 Å². The number of pyridine rings is 1. The molecule has 3 rings (SSSR count). The molecule has 0 radical (unpaired) electrons. The summed E-state index contributed by atoms with van der Waals surface area (Å²) >= 11 is 0. The molecule has 2 N–H and O–H groups in total. The Morgan fingerprint density at radius 3 is 2.82 bits per heavy atom. The van der Waals surface area contributed by atoms with Crippen LogP contribution in [0.3, 0.4) is 0 Å². The Labute approximate surface area is 124 Å². The topological polar surface area (TPSA) is 73.5 Å². The van der Waals surface area contributed by atoms with E-state index in [1.165, 1.54) is 21.5 Å². The Morgan fingerprint density at radius 2 is 2.05 bits per heavy atom. The number of nitrogens with two attached hydrogens (primary N) is 1. The number of aromatic nitrogens is 5. The molecule has 0 saturated carbocycles. The van der Waals surface area contributed by atoms with Gasteiger partial charge in [0.15, 0.2) is 16.7 Å². The highest BCUT2D eigenvalue weighted by Crippen LogP contribution is 2.25. The van der Waals surface area contributed by atoms with Crippen molar-refractivity contribution in [3.8, 4) is 17.1 Å². The summed E-state index contributed by atoms with van der Waals surface area (Å²) in [4.78, 5) is 4.08. The lowest BCUT2D eigenvalue weighted by Crippen LogP contribution is -2.33. The summed E-state index contributed by atoms with van der Waals surface area (Å²) in [7, 11) is 1.64. The Bertz CT molecular complexity index is 859. The molecule has 0 amide bonds. The average molecular weight is 303 g/mol. The van der Waals surface area contributed by atoms with E-state index in [-0.39, 0.29) is 11.5 Å². The second kappa shape index (κ2) is 5.14. The summed E-state index contributed by atoms with van der Waals surface area (Å²) in [6.07, 6.45) is 1.62. The van der Waals surface area contributed by atoms with Gasteiger partial charge in [0.25, 0.3) is 5.82 Å². The second-order valence-corrected chi connectivity index (χ2v) is 4.86. The van der Waals surface area contributed by atoms with Gasteiger partial charge in [-0.3, -0.25) is 0 Å². The number of aryl methyl sites for hydroxylation is 2. The monoisotopic (exact) mass is 303 g/mol. The van der Waals surface area contributed by atoms with E-state index in [2.05, 4.69) is 15.4 Å². The molecule has 0 unspecified atom stereocenters. The molecule has 0 saturated heterocycles. The highest BCUT2D eigenvalue weighted by Gasteiger charge is 2.27. The minimum Gasteiger partial charge on any atom is -0.383 e. The number of benzene rings is 1. The molecule has 0 atom stereocenters. The van der Waals surface area contributed by atoms with E-state index in [1.807, 2.05) is 6.92 Å². The molecule has 112 valence electrons. The molecule has 2 heterocycles. The molecule has 22 heavy (non-hydrogen) atoms. The van der Waals surface area contributed by atoms with Crippen molar-refractivity contribution in [1.29, 1.82) is 0 Å². The maximum Gasteiger partial charge on any atom is 0.298 e. The third kappa shape index (κ3) is 2.18. The largest absolute Gasteiger partial charge is 0.383 e. The zero-order chi connectivity index (χ0) is 15.9. The quantitative estimate of drug-likeness (QED) is 0.725. The highest BCUT2D eigenvalue weighted by molar-refractivity contribution is 5.68. The smallest absolute Gasteiger partial charge is 0.298 e. The van der Waals surface area contributed by atoms with Crippen LogP contribution in [0.5, 0.6) is 0 Å². The van der Waals surface area contributed by atoms with Crippen LogP contribution in [0.15, 0.2) is 30.5 Å². The maximum absolute atomic E-state index is 14.1. The lowest BCUT2D eigenvalue weighted by atomic mass is 10.2. The maximum atomic E-state index is 14.1. The standard InChI is InChI=1S/C14H12F2N6/c1-8-6-9(13(17)18-7-8)14-21(2)19-20-22(14)11-5-3-4-10(15)12(11)16/h3-7,17H,1-2H3/p+1. The number of halogens is 2. The molecular weight excluding hydrogens is 290 g/mol. The molecule has 3 aromatic rings. The molecule has 8 heteroatoms. The van der Waals surface area contributed by atoms with Crippen molar-refractivity contribution < 1.29 is 13.5 Å². The fraction of sp³-hybridized carbons (Fsp3) is 0.143. The van der Waals surface area contributed by atoms with E-state index in [1.54, 1.807) is 19.3 Å². The first-order chi connectivity index (χ1) is 10.5. The van der Waals surface area contributed by atoms with Gasteiger partial charge in [0.2, 0.25) is 5.82 Å². The van der Waals surface area contributed by atoms with Crippen molar-refractivity contribution in [2.45, 2.75) is 6.92 Å². The van der Waals surface area contributed by atoms with Crippen molar-refractivity contribution in [3.05, 3.63) is 47.7 Å². The van der Waals surface area contributed by atoms with Gasteiger partial charge in [-0.1, -0.05) is 6.07 Å². The molecule has 0 spiro atoms. The van der Waals surface area contributed by atoms with Gasteiger partial charge in [0.05, 0.1) is 12.6 Å². The van der Waals surface area contributed by atoms with Crippen molar-refractivity contribution >= 4 is 5.82 Å². The Hall–Kier alpha value is -2.90. The molecule has 0 fully saturated rings. The average Bonchev–Trinajstić information content (AvgIpc) is 2.86. The van der Waals surface area contributed by atoms with Crippen LogP contribution in [0.2, 0.25) is 0 Å². The van der Waals surface area contributed by atoms with Crippen LogP contribution in [0.1, 0.15) is 5.56 Å². The van der Waals surface area contributed by atoms with Gasteiger partial charge in [0.1, 0.15) is 11.0 Å². The number of tetrazole rings is 1. The molecule has 0 bridgehead atoms. The van der Waals surface area contributed by atoms with E-state index in [4.69, 9.17) is 5.73 Å². The van der Waals surface area contributed by atoms with Crippen LogP contribution >= 0.6 is 0 Å². The summed E-state index contributed by atoms with van der Waals surface area (Å²) in [5.74, 6) is -1.31. The van der Waals surface area contributed by atoms with E-state index < -0.39 is 11.6 Å².